The molecule has 0 bridgehead atoms. The van der Waals surface area contributed by atoms with E-state index in [4.69, 9.17) is 4.74 Å². The summed E-state index contributed by atoms with van der Waals surface area (Å²) in [6, 6.07) is 16.2. The molecule has 0 spiro atoms. The van der Waals surface area contributed by atoms with Crippen molar-refractivity contribution in [3.8, 4) is 11.4 Å². The first-order chi connectivity index (χ1) is 14.7. The number of pyridine rings is 1. The number of H-pyrrole nitrogens is 1. The highest BCUT2D eigenvalue weighted by Gasteiger charge is 2.22. The molecule has 0 saturated carbocycles. The smallest absolute Gasteiger partial charge is 0.251 e. The van der Waals surface area contributed by atoms with Crippen molar-refractivity contribution in [2.75, 3.05) is 38.2 Å². The average molecular weight is 406 g/mol. The number of nitrogens with one attached hydrogen (secondary N) is 2. The second-order valence-corrected chi connectivity index (χ2v) is 7.33. The molecule has 2 aromatic heterocycles. The molecule has 1 saturated heterocycles. The summed E-state index contributed by atoms with van der Waals surface area (Å²) in [6.07, 6.45) is 2.46. The summed E-state index contributed by atoms with van der Waals surface area (Å²) in [5, 5.41) is 3.47. The topological polar surface area (TPSA) is 83.1 Å². The highest BCUT2D eigenvalue weighted by Crippen LogP contribution is 2.23. The maximum absolute atomic E-state index is 11.8. The van der Waals surface area contributed by atoms with Gasteiger partial charge in [0.15, 0.2) is 0 Å². The Morgan fingerprint density at radius 2 is 1.97 bits per heavy atom. The molecule has 2 N–H and O–H groups in total. The summed E-state index contributed by atoms with van der Waals surface area (Å²) in [6.45, 7) is 6.09. The molecule has 0 aliphatic carbocycles. The molecule has 1 fully saturated rings. The second kappa shape index (κ2) is 9.65. The number of morpholine rings is 1. The van der Waals surface area contributed by atoms with Crippen LogP contribution in [-0.4, -0.2) is 52.7 Å². The molecule has 156 valence electrons. The maximum atomic E-state index is 11.8. The average Bonchev–Trinajstić information content (AvgIpc) is 2.80. The van der Waals surface area contributed by atoms with Gasteiger partial charge >= 0.3 is 0 Å². The predicted octanol–water partition coefficient (Wildman–Crippen LogP) is 2.88. The minimum atomic E-state index is -0.143. The van der Waals surface area contributed by atoms with E-state index >= 15 is 0 Å². The van der Waals surface area contributed by atoms with E-state index in [1.807, 2.05) is 25.1 Å². The van der Waals surface area contributed by atoms with Crippen molar-refractivity contribution < 1.29 is 4.74 Å². The minimum Gasteiger partial charge on any atom is -0.379 e. The van der Waals surface area contributed by atoms with Crippen LogP contribution in [0.15, 0.2) is 59.5 Å². The van der Waals surface area contributed by atoms with Gasteiger partial charge in [0.1, 0.15) is 11.6 Å². The van der Waals surface area contributed by atoms with Gasteiger partial charge in [-0.2, -0.15) is 0 Å². The van der Waals surface area contributed by atoms with Crippen LogP contribution >= 0.6 is 0 Å². The van der Waals surface area contributed by atoms with Crippen molar-refractivity contribution >= 4 is 5.82 Å². The van der Waals surface area contributed by atoms with Gasteiger partial charge < -0.3 is 15.0 Å². The molecule has 3 heterocycles. The summed E-state index contributed by atoms with van der Waals surface area (Å²) >= 11 is 0. The molecular weight excluding hydrogens is 378 g/mol. The quantitative estimate of drug-likeness (QED) is 0.629. The Kier molecular flexibility index (Phi) is 6.51. The maximum Gasteiger partial charge on any atom is 0.251 e. The van der Waals surface area contributed by atoms with Crippen LogP contribution in [0.1, 0.15) is 24.2 Å². The summed E-state index contributed by atoms with van der Waals surface area (Å²) in [7, 11) is 0. The fourth-order valence-corrected chi connectivity index (χ4v) is 3.69. The first-order valence-corrected chi connectivity index (χ1v) is 10.4. The number of hydrogen-bond donors (Lipinski definition) is 2. The number of hydrogen-bond acceptors (Lipinski definition) is 6. The van der Waals surface area contributed by atoms with Crippen molar-refractivity contribution in [1.82, 2.24) is 19.9 Å². The SMILES string of the molecule is CCc1cc(=O)[nH]c(-c2ccc(NCC(c3ccccc3)N3CCOCC3)nc2)n1. The standard InChI is InChI=1S/C23H27N5O2/c1-2-19-14-22(29)27-23(26-19)18-8-9-21(24-15-18)25-16-20(17-6-4-3-5-7-17)28-10-12-30-13-11-28/h3-9,14-15,20H,2,10-13,16H2,1H3,(H,24,25)(H,26,27,29). The van der Waals surface area contributed by atoms with Crippen LogP contribution in [0.2, 0.25) is 0 Å². The summed E-state index contributed by atoms with van der Waals surface area (Å²) < 4.78 is 5.52. The van der Waals surface area contributed by atoms with Crippen LogP contribution in [0.5, 0.6) is 0 Å². The molecule has 7 nitrogen and oxygen atoms in total. The highest BCUT2D eigenvalue weighted by atomic mass is 16.5. The van der Waals surface area contributed by atoms with E-state index in [-0.39, 0.29) is 11.6 Å². The number of benzene rings is 1. The van der Waals surface area contributed by atoms with Gasteiger partial charge in [0, 0.05) is 43.2 Å². The molecule has 1 aliphatic heterocycles. The van der Waals surface area contributed by atoms with Crippen molar-refractivity contribution in [2.24, 2.45) is 0 Å². The Morgan fingerprint density at radius 1 is 1.17 bits per heavy atom. The number of aromatic nitrogens is 3. The largest absolute Gasteiger partial charge is 0.379 e. The van der Waals surface area contributed by atoms with Crippen LogP contribution in [0.3, 0.4) is 0 Å². The Morgan fingerprint density at radius 3 is 2.67 bits per heavy atom. The Labute approximate surface area is 176 Å². The Bertz CT molecular complexity index is 998. The lowest BCUT2D eigenvalue weighted by molar-refractivity contribution is 0.0187. The third kappa shape index (κ3) is 4.93. The normalized spacial score (nSPS) is 15.6. The molecule has 30 heavy (non-hydrogen) atoms. The van der Waals surface area contributed by atoms with Crippen LogP contribution in [0, 0.1) is 0 Å². The van der Waals surface area contributed by atoms with Gasteiger partial charge in [0.2, 0.25) is 0 Å². The first kappa shape index (κ1) is 20.3. The zero-order valence-electron chi connectivity index (χ0n) is 17.2. The predicted molar refractivity (Wildman–Crippen MR) is 118 cm³/mol. The minimum absolute atomic E-state index is 0.143. The Hall–Kier alpha value is -3.03. The molecule has 7 heteroatoms. The number of rotatable bonds is 7. The number of nitrogens with zero attached hydrogens (tertiary/aromatic N) is 3. The lowest BCUT2D eigenvalue weighted by atomic mass is 10.0. The molecule has 1 aliphatic rings. The molecule has 1 unspecified atom stereocenters. The van der Waals surface area contributed by atoms with Gasteiger partial charge in [-0.15, -0.1) is 0 Å². The van der Waals surface area contributed by atoms with E-state index in [1.54, 1.807) is 6.20 Å². The fraction of sp³-hybridized carbons (Fsp3) is 0.348. The van der Waals surface area contributed by atoms with Gasteiger partial charge in [-0.05, 0) is 24.1 Å². The molecule has 3 aromatic rings. The second-order valence-electron chi connectivity index (χ2n) is 7.33. The van der Waals surface area contributed by atoms with E-state index in [1.165, 1.54) is 11.6 Å². The number of anilines is 1. The lowest BCUT2D eigenvalue weighted by Crippen LogP contribution is -2.41. The summed E-state index contributed by atoms with van der Waals surface area (Å²) in [4.78, 5) is 26.1. The molecule has 4 rings (SSSR count). The van der Waals surface area contributed by atoms with E-state index in [9.17, 15) is 4.79 Å². The van der Waals surface area contributed by atoms with Crippen molar-refractivity contribution in [1.29, 1.82) is 0 Å². The summed E-state index contributed by atoms with van der Waals surface area (Å²) in [5.41, 5.74) is 2.70. The van der Waals surface area contributed by atoms with Gasteiger partial charge in [0.25, 0.3) is 5.56 Å². The van der Waals surface area contributed by atoms with Gasteiger partial charge in [-0.3, -0.25) is 9.69 Å². The zero-order chi connectivity index (χ0) is 20.8. The number of aromatic amines is 1. The third-order valence-corrected chi connectivity index (χ3v) is 5.34. The van der Waals surface area contributed by atoms with E-state index in [0.717, 1.165) is 49.9 Å². The zero-order valence-corrected chi connectivity index (χ0v) is 17.2. The Balaban J connectivity index is 1.48. The molecular formula is C23H27N5O2. The van der Waals surface area contributed by atoms with Crippen LogP contribution in [0.25, 0.3) is 11.4 Å². The lowest BCUT2D eigenvalue weighted by Gasteiger charge is -2.35. The first-order valence-electron chi connectivity index (χ1n) is 10.4. The van der Waals surface area contributed by atoms with Crippen LogP contribution < -0.4 is 10.9 Å². The van der Waals surface area contributed by atoms with Gasteiger partial charge in [0.05, 0.1) is 19.3 Å². The van der Waals surface area contributed by atoms with Crippen molar-refractivity contribution in [2.45, 2.75) is 19.4 Å². The van der Waals surface area contributed by atoms with Gasteiger partial charge in [-0.1, -0.05) is 37.3 Å². The number of ether oxygens (including phenoxy) is 1. The van der Waals surface area contributed by atoms with E-state index in [0.29, 0.717) is 12.2 Å². The number of aryl methyl sites for hydroxylation is 1. The monoisotopic (exact) mass is 405 g/mol. The highest BCUT2D eigenvalue weighted by molar-refractivity contribution is 5.55. The van der Waals surface area contributed by atoms with E-state index < -0.39 is 0 Å². The summed E-state index contributed by atoms with van der Waals surface area (Å²) in [5.74, 6) is 1.34. The van der Waals surface area contributed by atoms with Crippen molar-refractivity contribution in [3.05, 3.63) is 76.3 Å². The molecule has 1 atom stereocenters. The molecule has 1 aromatic carbocycles. The third-order valence-electron chi connectivity index (χ3n) is 5.34. The van der Waals surface area contributed by atoms with Gasteiger partial charge in [-0.25, -0.2) is 9.97 Å². The molecule has 0 radical (unpaired) electrons. The van der Waals surface area contributed by atoms with Crippen molar-refractivity contribution in [3.63, 3.8) is 0 Å². The van der Waals surface area contributed by atoms with Crippen LogP contribution in [0.4, 0.5) is 5.82 Å². The fourth-order valence-electron chi connectivity index (χ4n) is 3.69. The van der Waals surface area contributed by atoms with E-state index in [2.05, 4.69) is 49.4 Å². The van der Waals surface area contributed by atoms with Crippen LogP contribution in [-0.2, 0) is 11.2 Å². The molecule has 0 amide bonds.